The molecule has 1 heterocycles. The molecule has 0 saturated heterocycles. The second-order valence-electron chi connectivity index (χ2n) is 3.91. The summed E-state index contributed by atoms with van der Waals surface area (Å²) in [5.41, 5.74) is 1.63. The van der Waals surface area contributed by atoms with Gasteiger partial charge in [0, 0.05) is 9.75 Å². The Morgan fingerprint density at radius 1 is 0.929 bits per heavy atom. The maximum absolute atomic E-state index is 2.45. The lowest BCUT2D eigenvalue weighted by molar-refractivity contribution is 0.876. The number of rotatable bonds is 6. The molecule has 0 atom stereocenters. The summed E-state index contributed by atoms with van der Waals surface area (Å²) in [4.78, 5) is 3.25. The van der Waals surface area contributed by atoms with Gasteiger partial charge in [-0.15, -0.1) is 11.3 Å². The molecule has 0 aliphatic carbocycles. The predicted molar refractivity (Wildman–Crippen MR) is 66.3 cm³/mol. The molecule has 0 spiro atoms. The first-order valence-electron chi connectivity index (χ1n) is 5.92. The van der Waals surface area contributed by atoms with Gasteiger partial charge in [0.25, 0.3) is 0 Å². The highest BCUT2D eigenvalue weighted by molar-refractivity contribution is 7.12. The fourth-order valence-electron chi connectivity index (χ4n) is 1.82. The summed E-state index contributed by atoms with van der Waals surface area (Å²) in [7, 11) is 0. The molecule has 1 heteroatoms. The molecule has 0 unspecified atom stereocenters. The molecule has 0 nitrogen and oxygen atoms in total. The maximum Gasteiger partial charge on any atom is 0.00800 e. The van der Waals surface area contributed by atoms with Crippen molar-refractivity contribution < 1.29 is 0 Å². The van der Waals surface area contributed by atoms with Crippen LogP contribution in [0.15, 0.2) is 6.07 Å². The zero-order valence-corrected chi connectivity index (χ0v) is 10.5. The fourth-order valence-corrected chi connectivity index (χ4v) is 3.24. The van der Waals surface area contributed by atoms with E-state index in [1.54, 1.807) is 15.3 Å². The van der Waals surface area contributed by atoms with E-state index in [0.29, 0.717) is 0 Å². The van der Waals surface area contributed by atoms with Gasteiger partial charge in [-0.1, -0.05) is 40.0 Å². The van der Waals surface area contributed by atoms with Crippen molar-refractivity contribution in [2.24, 2.45) is 0 Å². The lowest BCUT2D eigenvalue weighted by Gasteiger charge is -1.98. The lowest BCUT2D eigenvalue weighted by Crippen LogP contribution is -1.86. The van der Waals surface area contributed by atoms with E-state index in [4.69, 9.17) is 0 Å². The average Bonchev–Trinajstić information content (AvgIpc) is 2.50. The van der Waals surface area contributed by atoms with Crippen LogP contribution in [0.1, 0.15) is 55.4 Å². The summed E-state index contributed by atoms with van der Waals surface area (Å²) in [6.45, 7) is 6.81. The highest BCUT2D eigenvalue weighted by Gasteiger charge is 2.06. The van der Waals surface area contributed by atoms with E-state index in [-0.39, 0.29) is 0 Å². The van der Waals surface area contributed by atoms with Gasteiger partial charge in [0.15, 0.2) is 0 Å². The zero-order valence-electron chi connectivity index (χ0n) is 9.73. The van der Waals surface area contributed by atoms with Crippen LogP contribution in [0, 0.1) is 0 Å². The van der Waals surface area contributed by atoms with Crippen LogP contribution in [0.3, 0.4) is 0 Å². The number of thiophene rings is 1. The first-order chi connectivity index (χ1) is 6.81. The van der Waals surface area contributed by atoms with Crippen LogP contribution >= 0.6 is 11.3 Å². The van der Waals surface area contributed by atoms with Gasteiger partial charge in [-0.2, -0.15) is 0 Å². The lowest BCUT2D eigenvalue weighted by atomic mass is 10.1. The minimum Gasteiger partial charge on any atom is -0.145 e. The van der Waals surface area contributed by atoms with E-state index < -0.39 is 0 Å². The smallest absolute Gasteiger partial charge is 0.00800 e. The van der Waals surface area contributed by atoms with Gasteiger partial charge in [0.2, 0.25) is 0 Å². The van der Waals surface area contributed by atoms with E-state index in [9.17, 15) is 0 Å². The quantitative estimate of drug-likeness (QED) is 0.643. The number of aryl methyl sites for hydroxylation is 3. The third-order valence-corrected chi connectivity index (χ3v) is 3.74. The molecule has 1 rings (SSSR count). The Morgan fingerprint density at radius 3 is 2.14 bits per heavy atom. The number of hydrogen-bond donors (Lipinski definition) is 0. The third-order valence-electron chi connectivity index (χ3n) is 2.44. The predicted octanol–water partition coefficient (Wildman–Crippen LogP) is 4.61. The van der Waals surface area contributed by atoms with Crippen LogP contribution in [-0.4, -0.2) is 0 Å². The summed E-state index contributed by atoms with van der Waals surface area (Å²) in [5, 5.41) is 0. The summed E-state index contributed by atoms with van der Waals surface area (Å²) < 4.78 is 0. The van der Waals surface area contributed by atoms with Crippen LogP contribution in [0.4, 0.5) is 0 Å². The zero-order chi connectivity index (χ0) is 10.4. The Labute approximate surface area is 92.4 Å². The van der Waals surface area contributed by atoms with Crippen LogP contribution in [-0.2, 0) is 19.3 Å². The molecule has 0 aliphatic rings. The third kappa shape index (κ3) is 3.13. The minimum absolute atomic E-state index is 1.27. The van der Waals surface area contributed by atoms with E-state index in [1.165, 1.54) is 38.5 Å². The molecule has 80 valence electrons. The molecule has 0 saturated carbocycles. The first-order valence-corrected chi connectivity index (χ1v) is 6.73. The SMILES string of the molecule is CCCc1cc(CCC)c(CCC)s1. The Balaban J connectivity index is 2.76. The Bertz CT molecular complexity index is 237. The van der Waals surface area contributed by atoms with Gasteiger partial charge < -0.3 is 0 Å². The standard InChI is InChI=1S/C13H22S/c1-4-7-11-10-12(8-5-2)14-13(11)9-6-3/h10H,4-9H2,1-3H3. The summed E-state index contributed by atoms with van der Waals surface area (Å²) >= 11 is 2.05. The molecule has 0 N–H and O–H groups in total. The second-order valence-corrected chi connectivity index (χ2v) is 5.13. The molecular weight excluding hydrogens is 188 g/mol. The summed E-state index contributed by atoms with van der Waals surface area (Å²) in [5.74, 6) is 0. The van der Waals surface area contributed by atoms with Crippen LogP contribution in [0.25, 0.3) is 0 Å². The van der Waals surface area contributed by atoms with Crippen molar-refractivity contribution in [3.05, 3.63) is 21.4 Å². The van der Waals surface area contributed by atoms with Crippen molar-refractivity contribution in [1.29, 1.82) is 0 Å². The number of hydrogen-bond acceptors (Lipinski definition) is 1. The van der Waals surface area contributed by atoms with Crippen molar-refractivity contribution in [2.45, 2.75) is 59.3 Å². The van der Waals surface area contributed by atoms with E-state index in [2.05, 4.69) is 26.8 Å². The average molecular weight is 210 g/mol. The second kappa shape index (κ2) is 6.23. The molecule has 0 aliphatic heterocycles. The van der Waals surface area contributed by atoms with Crippen molar-refractivity contribution in [3.63, 3.8) is 0 Å². The molecule has 0 radical (unpaired) electrons. The van der Waals surface area contributed by atoms with Crippen molar-refractivity contribution >= 4 is 11.3 Å². The van der Waals surface area contributed by atoms with Crippen LogP contribution in [0.5, 0.6) is 0 Å². The summed E-state index contributed by atoms with van der Waals surface area (Å²) in [6, 6.07) is 2.45. The molecule has 1 aromatic rings. The normalized spacial score (nSPS) is 10.8. The molecule has 0 fully saturated rings. The molecule has 14 heavy (non-hydrogen) atoms. The monoisotopic (exact) mass is 210 g/mol. The maximum atomic E-state index is 2.45. The molecule has 0 aromatic carbocycles. The van der Waals surface area contributed by atoms with Gasteiger partial charge in [-0.3, -0.25) is 0 Å². The van der Waals surface area contributed by atoms with Crippen molar-refractivity contribution in [2.75, 3.05) is 0 Å². The molecule has 1 aromatic heterocycles. The largest absolute Gasteiger partial charge is 0.145 e. The molecule has 0 bridgehead atoms. The van der Waals surface area contributed by atoms with Gasteiger partial charge >= 0.3 is 0 Å². The Morgan fingerprint density at radius 2 is 1.57 bits per heavy atom. The van der Waals surface area contributed by atoms with E-state index in [0.717, 1.165) is 0 Å². The van der Waals surface area contributed by atoms with Gasteiger partial charge in [-0.05, 0) is 30.9 Å². The summed E-state index contributed by atoms with van der Waals surface area (Å²) in [6.07, 6.45) is 7.66. The molecular formula is C13H22S. The topological polar surface area (TPSA) is 0 Å². The minimum atomic E-state index is 1.27. The van der Waals surface area contributed by atoms with Gasteiger partial charge in [-0.25, -0.2) is 0 Å². The van der Waals surface area contributed by atoms with Crippen LogP contribution in [0.2, 0.25) is 0 Å². The van der Waals surface area contributed by atoms with Gasteiger partial charge in [0.05, 0.1) is 0 Å². The molecule has 0 amide bonds. The first kappa shape index (κ1) is 11.8. The Hall–Kier alpha value is -0.300. The van der Waals surface area contributed by atoms with Crippen molar-refractivity contribution in [3.8, 4) is 0 Å². The van der Waals surface area contributed by atoms with E-state index >= 15 is 0 Å². The highest BCUT2D eigenvalue weighted by atomic mass is 32.1. The van der Waals surface area contributed by atoms with Crippen molar-refractivity contribution in [1.82, 2.24) is 0 Å². The van der Waals surface area contributed by atoms with Crippen LogP contribution < -0.4 is 0 Å². The van der Waals surface area contributed by atoms with E-state index in [1.807, 2.05) is 11.3 Å². The highest BCUT2D eigenvalue weighted by Crippen LogP contribution is 2.26. The van der Waals surface area contributed by atoms with Gasteiger partial charge in [0.1, 0.15) is 0 Å². The Kier molecular flexibility index (Phi) is 5.24. The fraction of sp³-hybridized carbons (Fsp3) is 0.692.